The minimum Gasteiger partial charge on any atom is -0.373 e. The van der Waals surface area contributed by atoms with Crippen LogP contribution in [-0.2, 0) is 22.6 Å². The SMILES string of the molecule is CC1CN(Cc2ccc(CNC(=O)CCC3CCNCC3)cc2)CC(C)O1. The van der Waals surface area contributed by atoms with Crippen LogP contribution in [0.3, 0.4) is 0 Å². The van der Waals surface area contributed by atoms with Crippen LogP contribution >= 0.6 is 0 Å². The summed E-state index contributed by atoms with van der Waals surface area (Å²) < 4.78 is 5.80. The van der Waals surface area contributed by atoms with Gasteiger partial charge in [-0.2, -0.15) is 0 Å². The Kier molecular flexibility index (Phi) is 7.68. The van der Waals surface area contributed by atoms with Crippen LogP contribution in [-0.4, -0.2) is 49.2 Å². The molecule has 1 aromatic carbocycles. The standard InChI is InChI=1S/C22H35N3O2/c1-17-14-25(15-18(2)27-17)16-21-5-3-20(4-6-21)13-24-22(26)8-7-19-9-11-23-12-10-19/h3-6,17-19,23H,7-16H2,1-2H3,(H,24,26). The number of piperidine rings is 1. The number of nitrogens with one attached hydrogen (secondary N) is 2. The Bertz CT molecular complexity index is 574. The molecule has 0 radical (unpaired) electrons. The van der Waals surface area contributed by atoms with Crippen molar-refractivity contribution in [3.8, 4) is 0 Å². The van der Waals surface area contributed by atoms with Gasteiger partial charge in [-0.25, -0.2) is 0 Å². The highest BCUT2D eigenvalue weighted by atomic mass is 16.5. The molecular formula is C22H35N3O2. The minimum absolute atomic E-state index is 0.175. The molecule has 5 nitrogen and oxygen atoms in total. The maximum absolute atomic E-state index is 12.1. The molecule has 150 valence electrons. The van der Waals surface area contributed by atoms with E-state index in [2.05, 4.69) is 53.6 Å². The van der Waals surface area contributed by atoms with Gasteiger partial charge in [-0.3, -0.25) is 9.69 Å². The molecule has 0 aromatic heterocycles. The number of hydrogen-bond donors (Lipinski definition) is 2. The Morgan fingerprint density at radius 3 is 2.41 bits per heavy atom. The van der Waals surface area contributed by atoms with E-state index in [0.29, 0.717) is 31.1 Å². The fraction of sp³-hybridized carbons (Fsp3) is 0.682. The molecular weight excluding hydrogens is 338 g/mol. The lowest BCUT2D eigenvalue weighted by Gasteiger charge is -2.35. The lowest BCUT2D eigenvalue weighted by atomic mass is 9.93. The highest BCUT2D eigenvalue weighted by Crippen LogP contribution is 2.18. The van der Waals surface area contributed by atoms with E-state index in [0.717, 1.165) is 44.7 Å². The summed E-state index contributed by atoms with van der Waals surface area (Å²) in [5, 5.41) is 6.44. The number of nitrogens with zero attached hydrogens (tertiary/aromatic N) is 1. The largest absolute Gasteiger partial charge is 0.373 e. The molecule has 0 aliphatic carbocycles. The van der Waals surface area contributed by atoms with E-state index in [4.69, 9.17) is 4.74 Å². The Morgan fingerprint density at radius 2 is 1.74 bits per heavy atom. The monoisotopic (exact) mass is 373 g/mol. The van der Waals surface area contributed by atoms with Gasteiger partial charge in [0, 0.05) is 32.6 Å². The van der Waals surface area contributed by atoms with Crippen LogP contribution in [0.15, 0.2) is 24.3 Å². The van der Waals surface area contributed by atoms with E-state index >= 15 is 0 Å². The zero-order valence-electron chi connectivity index (χ0n) is 16.9. The molecule has 5 heteroatoms. The molecule has 2 heterocycles. The third-order valence-electron chi connectivity index (χ3n) is 5.65. The average molecular weight is 374 g/mol. The lowest BCUT2D eigenvalue weighted by molar-refractivity contribution is -0.121. The average Bonchev–Trinajstić information content (AvgIpc) is 2.66. The molecule has 2 atom stereocenters. The van der Waals surface area contributed by atoms with Crippen molar-refractivity contribution in [3.05, 3.63) is 35.4 Å². The number of amides is 1. The van der Waals surface area contributed by atoms with Crippen molar-refractivity contribution in [2.24, 2.45) is 5.92 Å². The zero-order valence-corrected chi connectivity index (χ0v) is 16.9. The van der Waals surface area contributed by atoms with Gasteiger partial charge < -0.3 is 15.4 Å². The number of hydrogen-bond acceptors (Lipinski definition) is 4. The fourth-order valence-corrected chi connectivity index (χ4v) is 4.23. The van der Waals surface area contributed by atoms with Gasteiger partial charge >= 0.3 is 0 Å². The fourth-order valence-electron chi connectivity index (χ4n) is 4.23. The molecule has 2 aliphatic rings. The second kappa shape index (κ2) is 10.2. The summed E-state index contributed by atoms with van der Waals surface area (Å²) in [6.45, 7) is 10.0. The molecule has 2 unspecified atom stereocenters. The topological polar surface area (TPSA) is 53.6 Å². The highest BCUT2D eigenvalue weighted by molar-refractivity contribution is 5.75. The summed E-state index contributed by atoms with van der Waals surface area (Å²) in [6, 6.07) is 8.63. The van der Waals surface area contributed by atoms with E-state index < -0.39 is 0 Å². The molecule has 1 amide bonds. The van der Waals surface area contributed by atoms with Gasteiger partial charge in [-0.15, -0.1) is 0 Å². The van der Waals surface area contributed by atoms with Crippen molar-refractivity contribution in [1.29, 1.82) is 0 Å². The summed E-state index contributed by atoms with van der Waals surface area (Å²) in [4.78, 5) is 14.6. The number of carbonyl (C=O) groups excluding carboxylic acids is 1. The smallest absolute Gasteiger partial charge is 0.220 e. The first-order valence-electron chi connectivity index (χ1n) is 10.5. The molecule has 2 aliphatic heterocycles. The second-order valence-corrected chi connectivity index (χ2v) is 8.28. The van der Waals surface area contributed by atoms with Crippen LogP contribution in [0, 0.1) is 5.92 Å². The predicted molar refractivity (Wildman–Crippen MR) is 108 cm³/mol. The van der Waals surface area contributed by atoms with Gasteiger partial charge in [0.25, 0.3) is 0 Å². The van der Waals surface area contributed by atoms with Crippen LogP contribution < -0.4 is 10.6 Å². The van der Waals surface area contributed by atoms with Gasteiger partial charge in [-0.05, 0) is 63.2 Å². The second-order valence-electron chi connectivity index (χ2n) is 8.28. The molecule has 2 fully saturated rings. The van der Waals surface area contributed by atoms with E-state index in [1.807, 2.05) is 0 Å². The van der Waals surface area contributed by atoms with Crippen molar-refractivity contribution in [1.82, 2.24) is 15.5 Å². The number of benzene rings is 1. The Labute approximate surface area is 163 Å². The van der Waals surface area contributed by atoms with E-state index in [1.165, 1.54) is 18.4 Å². The van der Waals surface area contributed by atoms with Crippen LogP contribution in [0.2, 0.25) is 0 Å². The molecule has 2 N–H and O–H groups in total. The van der Waals surface area contributed by atoms with Crippen LogP contribution in [0.1, 0.15) is 50.7 Å². The van der Waals surface area contributed by atoms with Gasteiger partial charge in [-0.1, -0.05) is 24.3 Å². The molecule has 0 saturated carbocycles. The predicted octanol–water partition coefficient (Wildman–Crippen LogP) is 2.69. The normalized spacial score (nSPS) is 24.7. The molecule has 0 spiro atoms. The Morgan fingerprint density at radius 1 is 1.11 bits per heavy atom. The highest BCUT2D eigenvalue weighted by Gasteiger charge is 2.22. The first-order valence-corrected chi connectivity index (χ1v) is 10.5. The summed E-state index contributed by atoms with van der Waals surface area (Å²) >= 11 is 0. The molecule has 2 saturated heterocycles. The van der Waals surface area contributed by atoms with E-state index in [9.17, 15) is 4.79 Å². The van der Waals surface area contributed by atoms with Crippen molar-refractivity contribution >= 4 is 5.91 Å². The van der Waals surface area contributed by atoms with Gasteiger partial charge in [0.2, 0.25) is 5.91 Å². The lowest BCUT2D eigenvalue weighted by Crippen LogP contribution is -2.44. The number of carbonyl (C=O) groups is 1. The maximum Gasteiger partial charge on any atom is 0.220 e. The molecule has 1 aromatic rings. The number of morpholine rings is 1. The number of rotatable bonds is 7. The number of ether oxygens (including phenoxy) is 1. The summed E-state index contributed by atoms with van der Waals surface area (Å²) in [7, 11) is 0. The third-order valence-corrected chi connectivity index (χ3v) is 5.65. The summed E-state index contributed by atoms with van der Waals surface area (Å²) in [6.07, 6.45) is 4.67. The van der Waals surface area contributed by atoms with Crippen molar-refractivity contribution in [3.63, 3.8) is 0 Å². The van der Waals surface area contributed by atoms with Crippen molar-refractivity contribution < 1.29 is 9.53 Å². The van der Waals surface area contributed by atoms with Crippen LogP contribution in [0.4, 0.5) is 0 Å². The molecule has 0 bridgehead atoms. The molecule has 3 rings (SSSR count). The Hall–Kier alpha value is -1.43. The van der Waals surface area contributed by atoms with Crippen molar-refractivity contribution in [2.75, 3.05) is 26.2 Å². The Balaban J connectivity index is 1.37. The first kappa shape index (κ1) is 20.3. The van der Waals surface area contributed by atoms with Crippen LogP contribution in [0.5, 0.6) is 0 Å². The van der Waals surface area contributed by atoms with Gasteiger partial charge in [0.15, 0.2) is 0 Å². The van der Waals surface area contributed by atoms with Gasteiger partial charge in [0.05, 0.1) is 12.2 Å². The zero-order chi connectivity index (χ0) is 19.1. The van der Waals surface area contributed by atoms with Crippen molar-refractivity contribution in [2.45, 2.75) is 64.8 Å². The van der Waals surface area contributed by atoms with Gasteiger partial charge in [0.1, 0.15) is 0 Å². The van der Waals surface area contributed by atoms with E-state index in [-0.39, 0.29) is 5.91 Å². The van der Waals surface area contributed by atoms with Crippen LogP contribution in [0.25, 0.3) is 0 Å². The molecule has 27 heavy (non-hydrogen) atoms. The summed E-state index contributed by atoms with van der Waals surface area (Å²) in [5.41, 5.74) is 2.48. The first-order chi connectivity index (χ1) is 13.1. The quantitative estimate of drug-likeness (QED) is 0.772. The van der Waals surface area contributed by atoms with E-state index in [1.54, 1.807) is 0 Å². The maximum atomic E-state index is 12.1. The third kappa shape index (κ3) is 6.91. The minimum atomic E-state index is 0.175. The summed E-state index contributed by atoms with van der Waals surface area (Å²) in [5.74, 6) is 0.885.